The van der Waals surface area contributed by atoms with Crippen molar-refractivity contribution < 1.29 is 9.47 Å². The summed E-state index contributed by atoms with van der Waals surface area (Å²) in [5.74, 6) is 2.71. The Morgan fingerprint density at radius 2 is 2.04 bits per heavy atom. The summed E-state index contributed by atoms with van der Waals surface area (Å²) in [5, 5.41) is 3.21. The molecule has 154 valence electrons. The number of benzene rings is 1. The molecule has 0 bridgehead atoms. The zero-order valence-electron chi connectivity index (χ0n) is 17.0. The van der Waals surface area contributed by atoms with Gasteiger partial charge in [0.15, 0.2) is 17.5 Å². The molecule has 0 spiro atoms. The summed E-state index contributed by atoms with van der Waals surface area (Å²) in [7, 11) is 3.29. The highest BCUT2D eigenvalue weighted by Gasteiger charge is 2.24. The van der Waals surface area contributed by atoms with Crippen molar-refractivity contribution in [2.24, 2.45) is 16.6 Å². The van der Waals surface area contributed by atoms with Gasteiger partial charge in [-0.2, -0.15) is 0 Å². The maximum Gasteiger partial charge on any atom is 0.188 e. The molecule has 1 aliphatic heterocycles. The van der Waals surface area contributed by atoms with Gasteiger partial charge < -0.3 is 20.5 Å². The lowest BCUT2D eigenvalue weighted by Gasteiger charge is -2.24. The number of aliphatic imine (C=N–C) groups is 1. The van der Waals surface area contributed by atoms with Crippen LogP contribution in [0.25, 0.3) is 0 Å². The predicted molar refractivity (Wildman–Crippen MR) is 123 cm³/mol. The second kappa shape index (κ2) is 12.3. The summed E-state index contributed by atoms with van der Waals surface area (Å²) in [4.78, 5) is 7.10. The summed E-state index contributed by atoms with van der Waals surface area (Å²) in [6, 6.07) is 6.49. The first-order valence-electron chi connectivity index (χ1n) is 9.52. The van der Waals surface area contributed by atoms with Crippen LogP contribution in [-0.4, -0.2) is 57.3 Å². The van der Waals surface area contributed by atoms with Gasteiger partial charge in [0.2, 0.25) is 0 Å². The van der Waals surface area contributed by atoms with Gasteiger partial charge in [-0.25, -0.2) is 0 Å². The van der Waals surface area contributed by atoms with Gasteiger partial charge in [0.1, 0.15) is 0 Å². The Balaban J connectivity index is 0.00000364. The topological polar surface area (TPSA) is 72.1 Å². The molecule has 1 atom stereocenters. The fourth-order valence-electron chi connectivity index (χ4n) is 3.44. The first kappa shape index (κ1) is 23.8. The number of rotatable bonds is 9. The number of nitrogens with two attached hydrogens (primary N) is 1. The van der Waals surface area contributed by atoms with Gasteiger partial charge in [0, 0.05) is 19.1 Å². The lowest BCUT2D eigenvalue weighted by molar-refractivity contribution is 0.231. The Kier molecular flexibility index (Phi) is 10.8. The summed E-state index contributed by atoms with van der Waals surface area (Å²) in [5.41, 5.74) is 7.21. The zero-order valence-corrected chi connectivity index (χ0v) is 19.4. The van der Waals surface area contributed by atoms with Crippen molar-refractivity contribution in [3.05, 3.63) is 23.8 Å². The highest BCUT2D eigenvalue weighted by molar-refractivity contribution is 14.0. The van der Waals surface area contributed by atoms with Crippen LogP contribution in [-0.2, 0) is 6.42 Å². The minimum atomic E-state index is 0. The number of methoxy groups -OCH3 is 2. The van der Waals surface area contributed by atoms with E-state index in [1.807, 2.05) is 18.2 Å². The number of nitrogens with zero attached hydrogens (tertiary/aromatic N) is 2. The van der Waals surface area contributed by atoms with Crippen LogP contribution in [0.3, 0.4) is 0 Å². The summed E-state index contributed by atoms with van der Waals surface area (Å²) in [6.45, 7) is 8.39. The van der Waals surface area contributed by atoms with Crippen molar-refractivity contribution in [3.63, 3.8) is 0 Å². The molecule has 0 amide bonds. The molecule has 0 saturated carbocycles. The third-order valence-electron chi connectivity index (χ3n) is 4.74. The molecule has 3 N–H and O–H groups in total. The molecule has 0 aliphatic carbocycles. The average Bonchev–Trinajstić information content (AvgIpc) is 3.06. The molecule has 0 unspecified atom stereocenters. The molecule has 6 nitrogen and oxygen atoms in total. The normalized spacial score (nSPS) is 17.7. The Labute approximate surface area is 180 Å². The predicted octanol–water partition coefficient (Wildman–Crippen LogP) is 2.89. The minimum Gasteiger partial charge on any atom is -0.493 e. The molecule has 27 heavy (non-hydrogen) atoms. The van der Waals surface area contributed by atoms with E-state index < -0.39 is 0 Å². The quantitative estimate of drug-likeness (QED) is 0.317. The van der Waals surface area contributed by atoms with E-state index in [9.17, 15) is 0 Å². The van der Waals surface area contributed by atoms with Gasteiger partial charge in [-0.15, -0.1) is 24.0 Å². The second-order valence-electron chi connectivity index (χ2n) is 7.28. The van der Waals surface area contributed by atoms with Crippen molar-refractivity contribution in [2.45, 2.75) is 39.2 Å². The van der Waals surface area contributed by atoms with E-state index in [-0.39, 0.29) is 24.0 Å². The molecule has 1 aliphatic rings. The van der Waals surface area contributed by atoms with Gasteiger partial charge in [-0.05, 0) is 49.4 Å². The van der Waals surface area contributed by atoms with E-state index in [1.54, 1.807) is 14.2 Å². The second-order valence-corrected chi connectivity index (χ2v) is 7.28. The molecule has 1 aromatic carbocycles. The zero-order chi connectivity index (χ0) is 18.9. The maximum absolute atomic E-state index is 6.04. The monoisotopic (exact) mass is 490 g/mol. The molecule has 1 fully saturated rings. The van der Waals surface area contributed by atoms with E-state index in [4.69, 9.17) is 15.2 Å². The van der Waals surface area contributed by atoms with E-state index in [0.29, 0.717) is 17.9 Å². The fraction of sp³-hybridized carbons (Fsp3) is 0.650. The highest BCUT2D eigenvalue weighted by atomic mass is 127. The summed E-state index contributed by atoms with van der Waals surface area (Å²) >= 11 is 0. The summed E-state index contributed by atoms with van der Waals surface area (Å²) in [6.07, 6.45) is 3.33. The number of nitrogens with one attached hydrogen (secondary N) is 1. The van der Waals surface area contributed by atoms with Crippen LogP contribution < -0.4 is 20.5 Å². The molecule has 1 heterocycles. The van der Waals surface area contributed by atoms with Gasteiger partial charge in [0.25, 0.3) is 0 Å². The highest BCUT2D eigenvalue weighted by Crippen LogP contribution is 2.27. The first-order chi connectivity index (χ1) is 12.5. The van der Waals surface area contributed by atoms with Crippen LogP contribution in [0.1, 0.15) is 32.3 Å². The fourth-order valence-corrected chi connectivity index (χ4v) is 3.44. The smallest absolute Gasteiger partial charge is 0.188 e. The third kappa shape index (κ3) is 7.73. The number of halogens is 1. The van der Waals surface area contributed by atoms with Crippen LogP contribution in [0.4, 0.5) is 0 Å². The van der Waals surface area contributed by atoms with Gasteiger partial charge in [-0.3, -0.25) is 9.89 Å². The first-order valence-corrected chi connectivity index (χ1v) is 9.52. The van der Waals surface area contributed by atoms with Crippen molar-refractivity contribution in [1.82, 2.24) is 10.2 Å². The van der Waals surface area contributed by atoms with Crippen LogP contribution in [0.5, 0.6) is 11.5 Å². The minimum absolute atomic E-state index is 0. The standard InChI is InChI=1S/C20H34N4O2.HI/c1-15(2)14-24-11-5-6-17(24)13-23-20(21)22-10-9-16-7-8-18(25-3)19(12-16)26-4;/h7-8,12,15,17H,5-6,9-11,13-14H2,1-4H3,(H3,21,22,23);1H/t17-;/m0./s1. The molecular weight excluding hydrogens is 455 g/mol. The Bertz CT molecular complexity index is 595. The SMILES string of the molecule is COc1ccc(CCNC(N)=NC[C@@H]2CCCN2CC(C)C)cc1OC.I. The third-order valence-corrected chi connectivity index (χ3v) is 4.74. The number of ether oxygens (including phenoxy) is 2. The largest absolute Gasteiger partial charge is 0.493 e. The average molecular weight is 490 g/mol. The van der Waals surface area contributed by atoms with Crippen molar-refractivity contribution in [2.75, 3.05) is 40.4 Å². The molecule has 1 aromatic rings. The van der Waals surface area contributed by atoms with Gasteiger partial charge in [0.05, 0.1) is 20.8 Å². The van der Waals surface area contributed by atoms with Crippen molar-refractivity contribution in [1.29, 1.82) is 0 Å². The van der Waals surface area contributed by atoms with Gasteiger partial charge >= 0.3 is 0 Å². The summed E-state index contributed by atoms with van der Waals surface area (Å²) < 4.78 is 10.6. The lowest BCUT2D eigenvalue weighted by Crippen LogP contribution is -2.37. The molecule has 2 rings (SSSR count). The molecule has 7 heteroatoms. The number of guanidine groups is 1. The van der Waals surface area contributed by atoms with Crippen LogP contribution >= 0.6 is 24.0 Å². The molecule has 0 radical (unpaired) electrons. The molecule has 0 aromatic heterocycles. The Morgan fingerprint density at radius 1 is 1.30 bits per heavy atom. The van der Waals surface area contributed by atoms with Crippen molar-refractivity contribution >= 4 is 29.9 Å². The lowest BCUT2D eigenvalue weighted by atomic mass is 10.1. The van der Waals surface area contributed by atoms with E-state index in [1.165, 1.54) is 24.9 Å². The van der Waals surface area contributed by atoms with E-state index in [0.717, 1.165) is 37.6 Å². The Morgan fingerprint density at radius 3 is 2.70 bits per heavy atom. The van der Waals surface area contributed by atoms with Crippen LogP contribution in [0.2, 0.25) is 0 Å². The molecule has 1 saturated heterocycles. The van der Waals surface area contributed by atoms with E-state index >= 15 is 0 Å². The van der Waals surface area contributed by atoms with Gasteiger partial charge in [-0.1, -0.05) is 19.9 Å². The van der Waals surface area contributed by atoms with Crippen molar-refractivity contribution in [3.8, 4) is 11.5 Å². The van der Waals surface area contributed by atoms with Crippen LogP contribution in [0.15, 0.2) is 23.2 Å². The molecular formula is C20H35IN4O2. The number of likely N-dealkylation sites (tertiary alicyclic amines) is 1. The number of hydrogen-bond acceptors (Lipinski definition) is 4. The van der Waals surface area contributed by atoms with Crippen LogP contribution in [0, 0.1) is 5.92 Å². The number of hydrogen-bond donors (Lipinski definition) is 2. The maximum atomic E-state index is 6.04. The van der Waals surface area contributed by atoms with E-state index in [2.05, 4.69) is 29.1 Å². The Hall–Kier alpha value is -1.22.